The van der Waals surface area contributed by atoms with E-state index < -0.39 is 0 Å². The smallest absolute Gasteiger partial charge is 0.0250 e. The minimum Gasteiger partial charge on any atom is -0.0651 e. The Labute approximate surface area is 157 Å². The van der Waals surface area contributed by atoms with Gasteiger partial charge in [0.05, 0.1) is 0 Å². The molecule has 1 atom stereocenters. The van der Waals surface area contributed by atoms with Crippen molar-refractivity contribution in [3.05, 3.63) is 99.0 Å². The van der Waals surface area contributed by atoms with Gasteiger partial charge in [0.25, 0.3) is 0 Å². The molecule has 1 heteroatoms. The minimum atomic E-state index is 0.477. The topological polar surface area (TPSA) is 0 Å². The van der Waals surface area contributed by atoms with Crippen molar-refractivity contribution in [2.45, 2.75) is 25.2 Å². The highest BCUT2D eigenvalue weighted by molar-refractivity contribution is 9.10. The molecular weight excluding hydrogens is 368 g/mol. The van der Waals surface area contributed by atoms with Crippen molar-refractivity contribution in [3.8, 4) is 11.1 Å². The second-order valence-electron chi connectivity index (χ2n) is 7.15. The van der Waals surface area contributed by atoms with E-state index in [0.717, 1.165) is 6.42 Å². The molecule has 2 aliphatic carbocycles. The second kappa shape index (κ2) is 5.71. The van der Waals surface area contributed by atoms with Gasteiger partial charge in [-0.1, -0.05) is 88.2 Å². The largest absolute Gasteiger partial charge is 0.0651 e. The molecule has 5 rings (SSSR count). The number of halogens is 1. The van der Waals surface area contributed by atoms with Crippen molar-refractivity contribution in [2.75, 3.05) is 0 Å². The number of benzene rings is 3. The molecule has 0 bridgehead atoms. The maximum Gasteiger partial charge on any atom is 0.0250 e. The lowest BCUT2D eigenvalue weighted by molar-refractivity contribution is 0.652. The molecule has 0 amide bonds. The Balaban J connectivity index is 1.60. The van der Waals surface area contributed by atoms with Gasteiger partial charge in [0.1, 0.15) is 0 Å². The maximum atomic E-state index is 3.72. The number of fused-ring (bicyclic) bond motifs is 4. The second-order valence-corrected chi connectivity index (χ2v) is 8.00. The average Bonchev–Trinajstić information content (AvgIpc) is 3.13. The van der Waals surface area contributed by atoms with Gasteiger partial charge in [0, 0.05) is 16.3 Å². The van der Waals surface area contributed by atoms with Crippen LogP contribution >= 0.6 is 15.9 Å². The van der Waals surface area contributed by atoms with Crippen LogP contribution in [0.15, 0.2) is 76.8 Å². The van der Waals surface area contributed by atoms with Crippen molar-refractivity contribution in [2.24, 2.45) is 0 Å². The van der Waals surface area contributed by atoms with Gasteiger partial charge in [-0.2, -0.15) is 0 Å². The van der Waals surface area contributed by atoms with E-state index in [1.807, 2.05) is 0 Å². The Hall–Kier alpha value is -2.12. The van der Waals surface area contributed by atoms with Crippen LogP contribution in [0.5, 0.6) is 0 Å². The first-order chi connectivity index (χ1) is 12.2. The van der Waals surface area contributed by atoms with Gasteiger partial charge in [-0.3, -0.25) is 0 Å². The van der Waals surface area contributed by atoms with Crippen LogP contribution < -0.4 is 0 Å². The normalized spacial score (nSPS) is 17.8. The first kappa shape index (κ1) is 15.2. The maximum absolute atomic E-state index is 3.72. The molecule has 1 unspecified atom stereocenters. The highest BCUT2D eigenvalue weighted by atomic mass is 79.9. The predicted octanol–water partition coefficient (Wildman–Crippen LogP) is 7.15. The summed E-state index contributed by atoms with van der Waals surface area (Å²) < 4.78 is 1.21. The van der Waals surface area contributed by atoms with Crippen LogP contribution in [-0.4, -0.2) is 0 Å². The van der Waals surface area contributed by atoms with E-state index in [1.165, 1.54) is 43.4 Å². The molecule has 2 aliphatic rings. The zero-order chi connectivity index (χ0) is 17.0. The Morgan fingerprint density at radius 2 is 1.32 bits per heavy atom. The van der Waals surface area contributed by atoms with Crippen LogP contribution in [0.25, 0.3) is 17.2 Å². The summed E-state index contributed by atoms with van der Waals surface area (Å²) in [5.74, 6) is 0.974. The van der Waals surface area contributed by atoms with Crippen molar-refractivity contribution in [1.29, 1.82) is 0 Å². The molecule has 3 aromatic rings. The van der Waals surface area contributed by atoms with Gasteiger partial charge in [0.2, 0.25) is 0 Å². The van der Waals surface area contributed by atoms with Gasteiger partial charge < -0.3 is 0 Å². The molecule has 0 heterocycles. The number of rotatable bonds is 2. The van der Waals surface area contributed by atoms with Crippen molar-refractivity contribution < 1.29 is 0 Å². The molecule has 122 valence electrons. The molecule has 3 aromatic carbocycles. The first-order valence-electron chi connectivity index (χ1n) is 8.89. The summed E-state index contributed by atoms with van der Waals surface area (Å²) in [4.78, 5) is 0. The average molecular weight is 387 g/mol. The lowest BCUT2D eigenvalue weighted by Crippen LogP contribution is -2.05. The molecule has 0 fully saturated rings. The third-order valence-electron chi connectivity index (χ3n) is 5.82. The zero-order valence-electron chi connectivity index (χ0n) is 14.2. The van der Waals surface area contributed by atoms with E-state index in [1.54, 1.807) is 0 Å². The van der Waals surface area contributed by atoms with Crippen LogP contribution in [0.4, 0.5) is 0 Å². The molecule has 0 N–H and O–H groups in total. The lowest BCUT2D eigenvalue weighted by Gasteiger charge is -2.21. The van der Waals surface area contributed by atoms with E-state index >= 15 is 0 Å². The van der Waals surface area contributed by atoms with Crippen LogP contribution in [0.2, 0.25) is 0 Å². The summed E-state index contributed by atoms with van der Waals surface area (Å²) >= 11 is 3.72. The monoisotopic (exact) mass is 386 g/mol. The third kappa shape index (κ3) is 2.26. The minimum absolute atomic E-state index is 0.477. The molecule has 0 aliphatic heterocycles. The van der Waals surface area contributed by atoms with Crippen molar-refractivity contribution >= 4 is 22.0 Å². The standard InChI is InChI=1S/C24H19Br/c1-15-13-23-20(11-6-12-24(23)25)21(15)14-22-18-9-4-2-7-16(18)17-8-3-5-10-19(17)22/h2-13,21-22H,14H2,1H3. The Morgan fingerprint density at radius 1 is 0.720 bits per heavy atom. The van der Waals surface area contributed by atoms with Crippen LogP contribution in [0.1, 0.15) is 47.4 Å². The van der Waals surface area contributed by atoms with E-state index in [2.05, 4.69) is 95.7 Å². The lowest BCUT2D eigenvalue weighted by atomic mass is 9.82. The van der Waals surface area contributed by atoms with Crippen LogP contribution in [0.3, 0.4) is 0 Å². The molecule has 25 heavy (non-hydrogen) atoms. The fourth-order valence-electron chi connectivity index (χ4n) is 4.65. The number of allylic oxidation sites excluding steroid dienone is 1. The van der Waals surface area contributed by atoms with Crippen LogP contribution in [0, 0.1) is 0 Å². The Morgan fingerprint density at radius 3 is 2.00 bits per heavy atom. The summed E-state index contributed by atoms with van der Waals surface area (Å²) in [5, 5.41) is 0. The van der Waals surface area contributed by atoms with E-state index in [9.17, 15) is 0 Å². The Bertz CT molecular complexity index is 967. The fourth-order valence-corrected chi connectivity index (χ4v) is 5.14. The number of hydrogen-bond donors (Lipinski definition) is 0. The van der Waals surface area contributed by atoms with Crippen molar-refractivity contribution in [1.82, 2.24) is 0 Å². The molecule has 0 saturated carbocycles. The predicted molar refractivity (Wildman–Crippen MR) is 109 cm³/mol. The highest BCUT2D eigenvalue weighted by Crippen LogP contribution is 2.51. The van der Waals surface area contributed by atoms with Crippen molar-refractivity contribution in [3.63, 3.8) is 0 Å². The number of hydrogen-bond acceptors (Lipinski definition) is 0. The Kier molecular flexibility index (Phi) is 3.46. The van der Waals surface area contributed by atoms with Gasteiger partial charge >= 0.3 is 0 Å². The van der Waals surface area contributed by atoms with E-state index in [-0.39, 0.29) is 0 Å². The van der Waals surface area contributed by atoms with Gasteiger partial charge in [-0.15, -0.1) is 0 Å². The summed E-state index contributed by atoms with van der Waals surface area (Å²) in [6.07, 6.45) is 3.50. The summed E-state index contributed by atoms with van der Waals surface area (Å²) in [6.45, 7) is 2.28. The molecule has 0 spiro atoms. The molecular formula is C24H19Br. The van der Waals surface area contributed by atoms with Gasteiger partial charge in [0.15, 0.2) is 0 Å². The quantitative estimate of drug-likeness (QED) is 0.438. The van der Waals surface area contributed by atoms with E-state index in [4.69, 9.17) is 0 Å². The highest BCUT2D eigenvalue weighted by Gasteiger charge is 2.33. The molecule has 0 nitrogen and oxygen atoms in total. The summed E-state index contributed by atoms with van der Waals surface area (Å²) in [7, 11) is 0. The molecule has 0 saturated heterocycles. The fraction of sp³-hybridized carbons (Fsp3) is 0.167. The van der Waals surface area contributed by atoms with Gasteiger partial charge in [-0.25, -0.2) is 0 Å². The zero-order valence-corrected chi connectivity index (χ0v) is 15.8. The third-order valence-corrected chi connectivity index (χ3v) is 6.51. The molecule has 0 aromatic heterocycles. The van der Waals surface area contributed by atoms with Crippen LogP contribution in [-0.2, 0) is 0 Å². The molecule has 0 radical (unpaired) electrons. The first-order valence-corrected chi connectivity index (χ1v) is 9.68. The van der Waals surface area contributed by atoms with E-state index in [0.29, 0.717) is 11.8 Å². The summed E-state index contributed by atoms with van der Waals surface area (Å²) in [5.41, 5.74) is 10.1. The van der Waals surface area contributed by atoms with Gasteiger partial charge in [-0.05, 0) is 52.8 Å². The summed E-state index contributed by atoms with van der Waals surface area (Å²) in [6, 6.07) is 24.5. The SMILES string of the molecule is CC1=Cc2c(Br)cccc2C1CC1c2ccccc2-c2ccccc21.